The van der Waals surface area contributed by atoms with Crippen LogP contribution in [0.4, 0.5) is 5.69 Å². The van der Waals surface area contributed by atoms with Crippen molar-refractivity contribution in [1.29, 1.82) is 0 Å². The van der Waals surface area contributed by atoms with E-state index in [1.54, 1.807) is 67.7 Å². The van der Waals surface area contributed by atoms with Crippen molar-refractivity contribution in [2.75, 3.05) is 11.9 Å². The summed E-state index contributed by atoms with van der Waals surface area (Å²) in [6, 6.07) is 15.0. The lowest BCUT2D eigenvalue weighted by Crippen LogP contribution is -2.20. The van der Waals surface area contributed by atoms with Gasteiger partial charge >= 0.3 is 11.6 Å². The highest BCUT2D eigenvalue weighted by Gasteiger charge is 2.19. The summed E-state index contributed by atoms with van der Waals surface area (Å²) in [6.07, 6.45) is 4.67. The van der Waals surface area contributed by atoms with Crippen LogP contribution in [-0.4, -0.2) is 23.5 Å². The number of anilines is 1. The first-order valence-electron chi connectivity index (χ1n) is 8.89. The minimum atomic E-state index is -0.789. The van der Waals surface area contributed by atoms with Crippen LogP contribution in [0, 0.1) is 0 Å². The van der Waals surface area contributed by atoms with E-state index in [4.69, 9.17) is 9.15 Å². The average Bonchev–Trinajstić information content (AvgIpc) is 2.75. The monoisotopic (exact) mass is 390 g/mol. The van der Waals surface area contributed by atoms with E-state index in [-0.39, 0.29) is 23.6 Å². The van der Waals surface area contributed by atoms with Crippen LogP contribution in [0.25, 0.3) is 12.2 Å². The first-order chi connectivity index (χ1) is 14.1. The third kappa shape index (κ3) is 5.04. The molecule has 146 valence electrons. The van der Waals surface area contributed by atoms with Crippen molar-refractivity contribution >= 4 is 29.7 Å². The first-order valence-corrected chi connectivity index (χ1v) is 8.89. The molecule has 7 heteroatoms. The smallest absolute Gasteiger partial charge is 0.360 e. The van der Waals surface area contributed by atoms with Crippen LogP contribution in [0.15, 0.2) is 70.0 Å². The zero-order valence-corrected chi connectivity index (χ0v) is 15.6. The third-order valence-electron chi connectivity index (χ3n) is 3.85. The van der Waals surface area contributed by atoms with Crippen molar-refractivity contribution < 1.29 is 18.7 Å². The van der Waals surface area contributed by atoms with E-state index in [1.165, 1.54) is 12.1 Å². The van der Waals surface area contributed by atoms with Gasteiger partial charge in [0.1, 0.15) is 17.0 Å². The lowest BCUT2D eigenvalue weighted by molar-refractivity contribution is 0.0522. The number of carbonyl (C=O) groups is 2. The van der Waals surface area contributed by atoms with Crippen LogP contribution in [0.2, 0.25) is 0 Å². The molecule has 1 N–H and O–H groups in total. The van der Waals surface area contributed by atoms with E-state index in [2.05, 4.69) is 10.3 Å². The number of benzene rings is 1. The van der Waals surface area contributed by atoms with Crippen LogP contribution in [0.1, 0.15) is 39.1 Å². The van der Waals surface area contributed by atoms with Gasteiger partial charge in [0.05, 0.1) is 12.3 Å². The maximum absolute atomic E-state index is 12.4. The second-order valence-corrected chi connectivity index (χ2v) is 5.85. The largest absolute Gasteiger partial charge is 0.462 e. The van der Waals surface area contributed by atoms with E-state index in [0.717, 1.165) is 0 Å². The lowest BCUT2D eigenvalue weighted by atomic mass is 10.1. The second-order valence-electron chi connectivity index (χ2n) is 5.85. The van der Waals surface area contributed by atoms with Crippen molar-refractivity contribution in [1.82, 2.24) is 4.98 Å². The molecule has 0 bridgehead atoms. The predicted octanol–water partition coefficient (Wildman–Crippen LogP) is 3.63. The molecule has 3 aromatic rings. The topological polar surface area (TPSA) is 98.5 Å². The van der Waals surface area contributed by atoms with Gasteiger partial charge in [0.2, 0.25) is 0 Å². The molecule has 0 aliphatic rings. The zero-order chi connectivity index (χ0) is 20.6. The number of nitrogens with one attached hydrogen (secondary N) is 1. The number of hydrogen-bond acceptors (Lipinski definition) is 6. The molecule has 0 aliphatic heterocycles. The molecule has 0 fully saturated rings. The van der Waals surface area contributed by atoms with Crippen molar-refractivity contribution in [3.8, 4) is 0 Å². The van der Waals surface area contributed by atoms with Gasteiger partial charge in [-0.2, -0.15) is 0 Å². The molecule has 0 aliphatic carbocycles. The van der Waals surface area contributed by atoms with Crippen LogP contribution >= 0.6 is 0 Å². The van der Waals surface area contributed by atoms with Crippen LogP contribution < -0.4 is 10.9 Å². The van der Waals surface area contributed by atoms with E-state index >= 15 is 0 Å². The molecule has 0 saturated carbocycles. The number of amides is 1. The standard InChI is InChI=1S/C22H18N2O5/c1-2-28-21(26)17-14-18(24-20(25)15-8-4-3-5-9-15)22(27)29-19(17)12-11-16-10-6-7-13-23-16/h3-14H,2H2,1H3,(H,24,25)/b12-11+. The summed E-state index contributed by atoms with van der Waals surface area (Å²) in [6.45, 7) is 1.81. The molecule has 2 aromatic heterocycles. The highest BCUT2D eigenvalue weighted by molar-refractivity contribution is 6.05. The van der Waals surface area contributed by atoms with Crippen molar-refractivity contribution in [2.24, 2.45) is 0 Å². The quantitative estimate of drug-likeness (QED) is 0.645. The van der Waals surface area contributed by atoms with Gasteiger partial charge in [0.25, 0.3) is 5.91 Å². The Morgan fingerprint density at radius 3 is 2.55 bits per heavy atom. The number of ether oxygens (including phenoxy) is 1. The van der Waals surface area contributed by atoms with E-state index in [1.807, 2.05) is 0 Å². The van der Waals surface area contributed by atoms with Crippen LogP contribution in [0.5, 0.6) is 0 Å². The highest BCUT2D eigenvalue weighted by Crippen LogP contribution is 2.17. The highest BCUT2D eigenvalue weighted by atomic mass is 16.5. The Labute approximate surface area is 166 Å². The van der Waals surface area contributed by atoms with Crippen LogP contribution in [-0.2, 0) is 4.74 Å². The van der Waals surface area contributed by atoms with Gasteiger partial charge in [-0.15, -0.1) is 0 Å². The molecule has 3 rings (SSSR count). The summed E-state index contributed by atoms with van der Waals surface area (Å²) in [5.74, 6) is -1.16. The van der Waals surface area contributed by atoms with Gasteiger partial charge in [-0.25, -0.2) is 9.59 Å². The number of carbonyl (C=O) groups excluding carboxylic acids is 2. The molecule has 0 saturated heterocycles. The molecule has 0 spiro atoms. The Hall–Kier alpha value is -4.00. The molecule has 7 nitrogen and oxygen atoms in total. The van der Waals surface area contributed by atoms with Gasteiger partial charge in [0, 0.05) is 11.8 Å². The fourth-order valence-corrected chi connectivity index (χ4v) is 2.48. The molecule has 1 aromatic carbocycles. The number of rotatable bonds is 6. The van der Waals surface area contributed by atoms with E-state index < -0.39 is 17.5 Å². The summed E-state index contributed by atoms with van der Waals surface area (Å²) in [4.78, 5) is 41.2. The summed E-state index contributed by atoms with van der Waals surface area (Å²) < 4.78 is 10.3. The number of pyridine rings is 1. The van der Waals surface area contributed by atoms with Crippen molar-refractivity contribution in [3.05, 3.63) is 93.8 Å². The van der Waals surface area contributed by atoms with Crippen molar-refractivity contribution in [2.45, 2.75) is 6.92 Å². The molecule has 1 amide bonds. The van der Waals surface area contributed by atoms with Crippen LogP contribution in [0.3, 0.4) is 0 Å². The number of hydrogen-bond donors (Lipinski definition) is 1. The minimum absolute atomic E-state index is 0.0109. The molecule has 0 atom stereocenters. The summed E-state index contributed by atoms with van der Waals surface area (Å²) in [7, 11) is 0. The van der Waals surface area contributed by atoms with Gasteiger partial charge in [-0.05, 0) is 49.4 Å². The Kier molecular flexibility index (Phi) is 6.32. The molecule has 29 heavy (non-hydrogen) atoms. The Balaban J connectivity index is 1.96. The predicted molar refractivity (Wildman–Crippen MR) is 108 cm³/mol. The summed E-state index contributed by atoms with van der Waals surface area (Å²) in [5.41, 5.74) is 0.0528. The fraction of sp³-hybridized carbons (Fsp3) is 0.0909. The zero-order valence-electron chi connectivity index (χ0n) is 15.6. The number of aromatic nitrogens is 1. The molecule has 0 radical (unpaired) electrons. The van der Waals surface area contributed by atoms with Gasteiger partial charge in [-0.3, -0.25) is 9.78 Å². The Bertz CT molecular complexity index is 1090. The fourth-order valence-electron chi connectivity index (χ4n) is 2.48. The summed E-state index contributed by atoms with van der Waals surface area (Å²) >= 11 is 0. The van der Waals surface area contributed by atoms with E-state index in [0.29, 0.717) is 11.3 Å². The lowest BCUT2D eigenvalue weighted by Gasteiger charge is -2.08. The van der Waals surface area contributed by atoms with Gasteiger partial charge < -0.3 is 14.5 Å². The molecular weight excluding hydrogens is 372 g/mol. The average molecular weight is 390 g/mol. The molecule has 2 heterocycles. The second kappa shape index (κ2) is 9.27. The first kappa shape index (κ1) is 19.8. The maximum atomic E-state index is 12.4. The normalized spacial score (nSPS) is 10.7. The minimum Gasteiger partial charge on any atom is -0.462 e. The molecule has 0 unspecified atom stereocenters. The number of nitrogens with zero attached hydrogens (tertiary/aromatic N) is 1. The molecular formula is C22H18N2O5. The third-order valence-corrected chi connectivity index (χ3v) is 3.85. The maximum Gasteiger partial charge on any atom is 0.360 e. The Morgan fingerprint density at radius 1 is 1.10 bits per heavy atom. The van der Waals surface area contributed by atoms with Crippen molar-refractivity contribution in [3.63, 3.8) is 0 Å². The van der Waals surface area contributed by atoms with E-state index in [9.17, 15) is 14.4 Å². The Morgan fingerprint density at radius 2 is 1.86 bits per heavy atom. The van der Waals surface area contributed by atoms with Gasteiger partial charge in [0.15, 0.2) is 0 Å². The number of esters is 1. The van der Waals surface area contributed by atoms with Gasteiger partial charge in [-0.1, -0.05) is 24.3 Å². The SMILES string of the molecule is CCOC(=O)c1cc(NC(=O)c2ccccc2)c(=O)oc1/C=C/c1ccccn1. The summed E-state index contributed by atoms with van der Waals surface area (Å²) in [5, 5.41) is 2.48.